The lowest BCUT2D eigenvalue weighted by Gasteiger charge is -2.28. The summed E-state index contributed by atoms with van der Waals surface area (Å²) in [6.07, 6.45) is 6.19. The van der Waals surface area contributed by atoms with Crippen molar-refractivity contribution in [2.45, 2.75) is 6.17 Å². The van der Waals surface area contributed by atoms with Crippen molar-refractivity contribution < 1.29 is 4.74 Å². The molecule has 10 heavy (non-hydrogen) atoms. The molecule has 0 aromatic heterocycles. The second kappa shape index (κ2) is 2.52. The Morgan fingerprint density at radius 1 is 1.60 bits per heavy atom. The first-order valence-electron chi connectivity index (χ1n) is 3.48. The number of dihydropyridines is 1. The number of rotatable bonds is 0. The SMILES string of the molecule is C1=CC2COCNC2N=C1. The first-order valence-corrected chi connectivity index (χ1v) is 3.48. The maximum absolute atomic E-state index is 5.20. The molecule has 1 N–H and O–H groups in total. The molecule has 2 heterocycles. The summed E-state index contributed by atoms with van der Waals surface area (Å²) in [7, 11) is 0. The molecule has 2 aliphatic heterocycles. The lowest BCUT2D eigenvalue weighted by molar-refractivity contribution is 0.0357. The highest BCUT2D eigenvalue weighted by atomic mass is 16.5. The quantitative estimate of drug-likeness (QED) is 0.517. The van der Waals surface area contributed by atoms with Gasteiger partial charge in [-0.2, -0.15) is 0 Å². The Hall–Kier alpha value is -0.670. The van der Waals surface area contributed by atoms with E-state index in [1.807, 2.05) is 12.3 Å². The first-order chi connectivity index (χ1) is 4.97. The van der Waals surface area contributed by atoms with Gasteiger partial charge in [-0.3, -0.25) is 10.3 Å². The van der Waals surface area contributed by atoms with Crippen LogP contribution in [0.3, 0.4) is 0 Å². The average molecular weight is 138 g/mol. The van der Waals surface area contributed by atoms with Crippen LogP contribution in [0.15, 0.2) is 17.1 Å². The van der Waals surface area contributed by atoms with Crippen molar-refractivity contribution in [2.75, 3.05) is 13.3 Å². The number of fused-ring (bicyclic) bond motifs is 1. The van der Waals surface area contributed by atoms with Crippen molar-refractivity contribution in [2.24, 2.45) is 10.9 Å². The Labute approximate surface area is 59.8 Å². The molecule has 54 valence electrons. The van der Waals surface area contributed by atoms with Gasteiger partial charge in [-0.25, -0.2) is 0 Å². The van der Waals surface area contributed by atoms with Gasteiger partial charge in [0.05, 0.1) is 13.3 Å². The molecule has 0 radical (unpaired) electrons. The third kappa shape index (κ3) is 0.978. The second-order valence-corrected chi connectivity index (χ2v) is 2.51. The van der Waals surface area contributed by atoms with Crippen molar-refractivity contribution in [3.05, 3.63) is 12.2 Å². The van der Waals surface area contributed by atoms with Gasteiger partial charge in [0.25, 0.3) is 0 Å². The molecule has 0 aliphatic carbocycles. The minimum Gasteiger partial charge on any atom is -0.365 e. The molecular weight excluding hydrogens is 128 g/mol. The molecule has 2 unspecified atom stereocenters. The second-order valence-electron chi connectivity index (χ2n) is 2.51. The van der Waals surface area contributed by atoms with Gasteiger partial charge in [0.1, 0.15) is 6.17 Å². The van der Waals surface area contributed by atoms with Crippen molar-refractivity contribution in [1.82, 2.24) is 5.32 Å². The van der Waals surface area contributed by atoms with E-state index in [4.69, 9.17) is 4.74 Å². The van der Waals surface area contributed by atoms with Gasteiger partial charge >= 0.3 is 0 Å². The van der Waals surface area contributed by atoms with Crippen LogP contribution < -0.4 is 5.32 Å². The summed E-state index contributed by atoms with van der Waals surface area (Å²) in [4.78, 5) is 4.25. The number of nitrogens with one attached hydrogen (secondary N) is 1. The van der Waals surface area contributed by atoms with Gasteiger partial charge in [0.15, 0.2) is 0 Å². The van der Waals surface area contributed by atoms with Gasteiger partial charge in [-0.05, 0) is 6.08 Å². The zero-order valence-corrected chi connectivity index (χ0v) is 5.66. The maximum Gasteiger partial charge on any atom is 0.110 e. The van der Waals surface area contributed by atoms with Crippen LogP contribution in [0.2, 0.25) is 0 Å². The molecule has 1 fully saturated rings. The Morgan fingerprint density at radius 3 is 3.50 bits per heavy atom. The number of aliphatic imine (C=N–C) groups is 1. The largest absolute Gasteiger partial charge is 0.365 e. The van der Waals surface area contributed by atoms with Gasteiger partial charge in [-0.15, -0.1) is 0 Å². The zero-order chi connectivity index (χ0) is 6.81. The van der Waals surface area contributed by atoms with E-state index < -0.39 is 0 Å². The topological polar surface area (TPSA) is 33.6 Å². The van der Waals surface area contributed by atoms with Crippen molar-refractivity contribution >= 4 is 6.21 Å². The summed E-state index contributed by atoms with van der Waals surface area (Å²) in [6.45, 7) is 1.43. The smallest absolute Gasteiger partial charge is 0.110 e. The minimum atomic E-state index is 0.263. The predicted octanol–water partition coefficient (Wildman–Crippen LogP) is 0.147. The van der Waals surface area contributed by atoms with Crippen LogP contribution in [0.25, 0.3) is 0 Å². The van der Waals surface area contributed by atoms with Crippen molar-refractivity contribution in [1.29, 1.82) is 0 Å². The van der Waals surface area contributed by atoms with Gasteiger partial charge in [0, 0.05) is 12.1 Å². The number of allylic oxidation sites excluding steroid dienone is 1. The van der Waals surface area contributed by atoms with E-state index in [0.717, 1.165) is 6.61 Å². The molecule has 0 amide bonds. The van der Waals surface area contributed by atoms with Crippen LogP contribution in [0, 0.1) is 5.92 Å². The summed E-state index contributed by atoms with van der Waals surface area (Å²) in [6, 6.07) is 0. The molecule has 0 bridgehead atoms. The maximum atomic E-state index is 5.20. The van der Waals surface area contributed by atoms with Crippen molar-refractivity contribution in [3.8, 4) is 0 Å². The summed E-state index contributed by atoms with van der Waals surface area (Å²) in [5.74, 6) is 0.443. The fraction of sp³-hybridized carbons (Fsp3) is 0.571. The molecule has 1 saturated heterocycles. The molecule has 0 aromatic rings. The molecule has 3 nitrogen and oxygen atoms in total. The van der Waals surface area contributed by atoms with Crippen LogP contribution in [0.5, 0.6) is 0 Å². The van der Waals surface area contributed by atoms with Crippen LogP contribution in [-0.2, 0) is 4.74 Å². The van der Waals surface area contributed by atoms with Crippen LogP contribution in [0.4, 0.5) is 0 Å². The lowest BCUT2D eigenvalue weighted by Crippen LogP contribution is -2.43. The fourth-order valence-electron chi connectivity index (χ4n) is 1.24. The lowest BCUT2D eigenvalue weighted by atomic mass is 10.0. The summed E-state index contributed by atoms with van der Waals surface area (Å²) in [5, 5.41) is 3.15. The molecule has 2 atom stereocenters. The Balaban J connectivity index is 2.09. The van der Waals surface area contributed by atoms with E-state index in [1.54, 1.807) is 0 Å². The van der Waals surface area contributed by atoms with Gasteiger partial charge in [-0.1, -0.05) is 6.08 Å². The first kappa shape index (κ1) is 6.07. The molecule has 2 aliphatic rings. The molecule has 3 heteroatoms. The van der Waals surface area contributed by atoms with E-state index in [1.165, 1.54) is 0 Å². The summed E-state index contributed by atoms with van der Waals surface area (Å²) >= 11 is 0. The highest BCUT2D eigenvalue weighted by molar-refractivity contribution is 5.72. The third-order valence-corrected chi connectivity index (χ3v) is 1.80. The Bertz CT molecular complexity index is 156. The third-order valence-electron chi connectivity index (χ3n) is 1.80. The highest BCUT2D eigenvalue weighted by Gasteiger charge is 2.22. The molecular formula is C7H10N2O. The monoisotopic (exact) mass is 138 g/mol. The summed E-state index contributed by atoms with van der Waals surface area (Å²) < 4.78 is 5.20. The average Bonchev–Trinajstić information content (AvgIpc) is 2.05. The van der Waals surface area contributed by atoms with Crippen LogP contribution in [0.1, 0.15) is 0 Å². The van der Waals surface area contributed by atoms with E-state index in [2.05, 4.69) is 16.4 Å². The fourth-order valence-corrected chi connectivity index (χ4v) is 1.24. The molecule has 0 aromatic carbocycles. The van der Waals surface area contributed by atoms with Crippen LogP contribution in [-0.4, -0.2) is 25.7 Å². The molecule has 0 saturated carbocycles. The van der Waals surface area contributed by atoms with Crippen molar-refractivity contribution in [3.63, 3.8) is 0 Å². The predicted molar refractivity (Wildman–Crippen MR) is 38.9 cm³/mol. The number of hydrogen-bond acceptors (Lipinski definition) is 3. The molecule has 2 rings (SSSR count). The van der Waals surface area contributed by atoms with Gasteiger partial charge < -0.3 is 4.74 Å². The van der Waals surface area contributed by atoms with E-state index in [-0.39, 0.29) is 6.17 Å². The number of nitrogens with zero attached hydrogens (tertiary/aromatic N) is 1. The van der Waals surface area contributed by atoms with E-state index in [9.17, 15) is 0 Å². The van der Waals surface area contributed by atoms with E-state index in [0.29, 0.717) is 12.6 Å². The minimum absolute atomic E-state index is 0.263. The Morgan fingerprint density at radius 2 is 2.60 bits per heavy atom. The van der Waals surface area contributed by atoms with E-state index >= 15 is 0 Å². The normalized spacial score (nSPS) is 37.6. The highest BCUT2D eigenvalue weighted by Crippen LogP contribution is 2.14. The summed E-state index contributed by atoms with van der Waals surface area (Å²) in [5.41, 5.74) is 0. The van der Waals surface area contributed by atoms with Gasteiger partial charge in [0.2, 0.25) is 0 Å². The molecule has 0 spiro atoms. The number of hydrogen-bond donors (Lipinski definition) is 1. The van der Waals surface area contributed by atoms with Crippen LogP contribution >= 0.6 is 0 Å². The zero-order valence-electron chi connectivity index (χ0n) is 5.66. The number of ether oxygens (including phenoxy) is 1. The standard InChI is InChI=1S/C7H10N2O/c1-2-6-4-10-5-9-7(6)8-3-1/h1-3,6-7,9H,4-5H2. The Kier molecular flexibility index (Phi) is 1.53.